The third kappa shape index (κ3) is 3.69. The van der Waals surface area contributed by atoms with Crippen molar-refractivity contribution in [1.29, 1.82) is 0 Å². The van der Waals surface area contributed by atoms with Gasteiger partial charge in [-0.1, -0.05) is 32.9 Å². The first kappa shape index (κ1) is 17.3. The third-order valence-corrected chi connectivity index (χ3v) is 5.58. The molecule has 0 bridgehead atoms. The van der Waals surface area contributed by atoms with Crippen molar-refractivity contribution in [3.8, 4) is 10.6 Å². The highest BCUT2D eigenvalue weighted by Gasteiger charge is 2.22. The van der Waals surface area contributed by atoms with E-state index < -0.39 is 0 Å². The van der Waals surface area contributed by atoms with Gasteiger partial charge in [0, 0.05) is 55.1 Å². The van der Waals surface area contributed by atoms with Gasteiger partial charge >= 0.3 is 0 Å². The number of thiophene rings is 1. The van der Waals surface area contributed by atoms with Crippen molar-refractivity contribution in [3.05, 3.63) is 64.7 Å². The minimum absolute atomic E-state index is 0.00213. The van der Waals surface area contributed by atoms with Crippen molar-refractivity contribution in [3.63, 3.8) is 0 Å². The Kier molecular flexibility index (Phi) is 4.59. The van der Waals surface area contributed by atoms with Crippen LogP contribution >= 0.6 is 11.3 Å². The SMILES string of the molecule is CC(C)(C)c1ncc2c(n1)CCN(Cc1ccc(-c3cccs3)nc1)C2. The smallest absolute Gasteiger partial charge is 0.133 e. The molecule has 134 valence electrons. The summed E-state index contributed by atoms with van der Waals surface area (Å²) in [6.45, 7) is 9.34. The molecule has 0 aliphatic carbocycles. The standard InChI is InChI=1S/C21H24N4S/c1-21(2,3)20-23-12-16-14-25(9-8-17(16)24-20)13-15-6-7-18(22-11-15)19-5-4-10-26-19/h4-7,10-12H,8-9,13-14H2,1-3H3. The van der Waals surface area contributed by atoms with Crippen LogP contribution in [0.25, 0.3) is 10.6 Å². The van der Waals surface area contributed by atoms with Crippen molar-refractivity contribution in [1.82, 2.24) is 19.9 Å². The highest BCUT2D eigenvalue weighted by molar-refractivity contribution is 7.13. The molecule has 0 saturated heterocycles. The summed E-state index contributed by atoms with van der Waals surface area (Å²) in [6.07, 6.45) is 5.01. The quantitative estimate of drug-likeness (QED) is 0.688. The number of pyridine rings is 1. The van der Waals surface area contributed by atoms with E-state index in [9.17, 15) is 0 Å². The van der Waals surface area contributed by atoms with Gasteiger partial charge in [-0.25, -0.2) is 9.97 Å². The topological polar surface area (TPSA) is 41.9 Å². The molecule has 1 aliphatic heterocycles. The van der Waals surface area contributed by atoms with Crippen molar-refractivity contribution in [2.24, 2.45) is 0 Å². The van der Waals surface area contributed by atoms with Gasteiger partial charge in [-0.15, -0.1) is 11.3 Å². The Labute approximate surface area is 159 Å². The maximum absolute atomic E-state index is 4.82. The normalized spacial score (nSPS) is 15.0. The van der Waals surface area contributed by atoms with Crippen LogP contribution in [0.15, 0.2) is 42.0 Å². The fourth-order valence-corrected chi connectivity index (χ4v) is 3.92. The van der Waals surface area contributed by atoms with Gasteiger partial charge in [0.2, 0.25) is 0 Å². The van der Waals surface area contributed by atoms with E-state index in [0.717, 1.165) is 37.6 Å². The summed E-state index contributed by atoms with van der Waals surface area (Å²) in [5.41, 5.74) is 4.78. The predicted molar refractivity (Wildman–Crippen MR) is 106 cm³/mol. The summed E-state index contributed by atoms with van der Waals surface area (Å²) in [6, 6.07) is 8.49. The van der Waals surface area contributed by atoms with Gasteiger partial charge in [0.15, 0.2) is 0 Å². The molecule has 4 rings (SSSR count). The Morgan fingerprint density at radius 2 is 2.00 bits per heavy atom. The molecule has 1 aliphatic rings. The zero-order chi connectivity index (χ0) is 18.1. The van der Waals surface area contributed by atoms with E-state index in [4.69, 9.17) is 4.98 Å². The van der Waals surface area contributed by atoms with Gasteiger partial charge in [0.05, 0.1) is 10.6 Å². The Bertz CT molecular complexity index is 879. The third-order valence-electron chi connectivity index (χ3n) is 4.69. The molecule has 0 radical (unpaired) electrons. The Balaban J connectivity index is 1.44. The van der Waals surface area contributed by atoms with E-state index in [2.05, 4.69) is 65.3 Å². The van der Waals surface area contributed by atoms with Crippen molar-refractivity contribution < 1.29 is 0 Å². The number of rotatable bonds is 3. The minimum atomic E-state index is 0.00213. The summed E-state index contributed by atoms with van der Waals surface area (Å²) in [5, 5.41) is 2.09. The van der Waals surface area contributed by atoms with E-state index in [1.54, 1.807) is 11.3 Å². The number of hydrogen-bond acceptors (Lipinski definition) is 5. The van der Waals surface area contributed by atoms with Crippen molar-refractivity contribution in [2.45, 2.75) is 45.7 Å². The number of nitrogens with zero attached hydrogens (tertiary/aromatic N) is 4. The molecular weight excluding hydrogens is 340 g/mol. The Morgan fingerprint density at radius 3 is 2.69 bits per heavy atom. The monoisotopic (exact) mass is 364 g/mol. The molecule has 4 nitrogen and oxygen atoms in total. The Morgan fingerprint density at radius 1 is 1.12 bits per heavy atom. The molecule has 4 heterocycles. The Hall–Kier alpha value is -2.11. The van der Waals surface area contributed by atoms with E-state index in [-0.39, 0.29) is 5.41 Å². The molecule has 3 aromatic heterocycles. The van der Waals surface area contributed by atoms with Gasteiger partial charge in [-0.3, -0.25) is 9.88 Å². The van der Waals surface area contributed by atoms with E-state index >= 15 is 0 Å². The molecule has 26 heavy (non-hydrogen) atoms. The predicted octanol–water partition coefficient (Wildman–Crippen LogP) is 4.46. The second-order valence-corrected chi connectivity index (χ2v) is 8.85. The second kappa shape index (κ2) is 6.89. The number of fused-ring (bicyclic) bond motifs is 1. The maximum atomic E-state index is 4.82. The van der Waals surface area contributed by atoms with Gasteiger partial charge in [0.25, 0.3) is 0 Å². The average Bonchev–Trinajstić information content (AvgIpc) is 3.16. The van der Waals surface area contributed by atoms with Crippen LogP contribution in [-0.4, -0.2) is 26.4 Å². The minimum Gasteiger partial charge on any atom is -0.294 e. The molecule has 0 saturated carbocycles. The molecule has 0 fully saturated rings. The van der Waals surface area contributed by atoms with E-state index in [0.29, 0.717) is 0 Å². The van der Waals surface area contributed by atoms with Crippen LogP contribution in [0.1, 0.15) is 43.4 Å². The van der Waals surface area contributed by atoms with Crippen molar-refractivity contribution >= 4 is 11.3 Å². The number of aromatic nitrogens is 3. The van der Waals surface area contributed by atoms with Crippen LogP contribution in [0.4, 0.5) is 0 Å². The maximum Gasteiger partial charge on any atom is 0.133 e. The zero-order valence-electron chi connectivity index (χ0n) is 15.6. The molecule has 0 N–H and O–H groups in total. The molecule has 0 spiro atoms. The first-order valence-electron chi connectivity index (χ1n) is 9.05. The van der Waals surface area contributed by atoms with E-state index in [1.165, 1.54) is 21.7 Å². The summed E-state index contributed by atoms with van der Waals surface area (Å²) >= 11 is 1.73. The van der Waals surface area contributed by atoms with Crippen LogP contribution in [0.2, 0.25) is 0 Å². The first-order chi connectivity index (χ1) is 12.5. The molecule has 0 atom stereocenters. The highest BCUT2D eigenvalue weighted by Crippen LogP contribution is 2.25. The lowest BCUT2D eigenvalue weighted by Crippen LogP contribution is -2.32. The van der Waals surface area contributed by atoms with Crippen LogP contribution < -0.4 is 0 Å². The van der Waals surface area contributed by atoms with Gasteiger partial charge in [-0.05, 0) is 23.1 Å². The molecule has 0 aromatic carbocycles. The summed E-state index contributed by atoms with van der Waals surface area (Å²) in [4.78, 5) is 17.7. The zero-order valence-corrected chi connectivity index (χ0v) is 16.4. The lowest BCUT2D eigenvalue weighted by molar-refractivity contribution is 0.242. The molecule has 0 amide bonds. The largest absolute Gasteiger partial charge is 0.294 e. The lowest BCUT2D eigenvalue weighted by Gasteiger charge is -2.29. The lowest BCUT2D eigenvalue weighted by atomic mass is 9.95. The van der Waals surface area contributed by atoms with Crippen molar-refractivity contribution in [2.75, 3.05) is 6.54 Å². The molecule has 5 heteroatoms. The van der Waals surface area contributed by atoms with Gasteiger partial charge in [0.1, 0.15) is 5.82 Å². The van der Waals surface area contributed by atoms with Crippen LogP contribution in [0, 0.1) is 0 Å². The highest BCUT2D eigenvalue weighted by atomic mass is 32.1. The molecule has 3 aromatic rings. The summed E-state index contributed by atoms with van der Waals surface area (Å²) in [5.74, 6) is 0.943. The molecular formula is C21H24N4S. The second-order valence-electron chi connectivity index (χ2n) is 7.91. The van der Waals surface area contributed by atoms with Crippen LogP contribution in [-0.2, 0) is 24.9 Å². The van der Waals surface area contributed by atoms with Gasteiger partial charge in [-0.2, -0.15) is 0 Å². The first-order valence-corrected chi connectivity index (χ1v) is 9.93. The van der Waals surface area contributed by atoms with Crippen LogP contribution in [0.5, 0.6) is 0 Å². The summed E-state index contributed by atoms with van der Waals surface area (Å²) in [7, 11) is 0. The fraction of sp³-hybridized carbons (Fsp3) is 0.381. The van der Waals surface area contributed by atoms with Crippen LogP contribution in [0.3, 0.4) is 0 Å². The average molecular weight is 365 g/mol. The fourth-order valence-electron chi connectivity index (χ4n) is 3.22. The summed E-state index contributed by atoms with van der Waals surface area (Å²) < 4.78 is 0. The van der Waals surface area contributed by atoms with Gasteiger partial charge < -0.3 is 0 Å². The number of hydrogen-bond donors (Lipinski definition) is 0. The molecule has 0 unspecified atom stereocenters. The van der Waals surface area contributed by atoms with E-state index in [1.807, 2.05) is 12.4 Å².